The highest BCUT2D eigenvalue weighted by Gasteiger charge is 2.24. The summed E-state index contributed by atoms with van der Waals surface area (Å²) in [4.78, 5) is 0.217. The van der Waals surface area contributed by atoms with Crippen LogP contribution in [-0.4, -0.2) is 26.9 Å². The molecule has 1 unspecified atom stereocenters. The van der Waals surface area contributed by atoms with Crippen LogP contribution in [0.25, 0.3) is 0 Å². The number of hydrogen-bond donors (Lipinski definition) is 1. The molecule has 0 aromatic heterocycles. The molecular weight excluding hydrogens is 238 g/mol. The molecule has 0 spiro atoms. The lowest BCUT2D eigenvalue weighted by molar-refractivity contribution is 0.0305. The normalized spacial score (nSPS) is 21.3. The SMILES string of the molecule is Nc1ccccc1S(=O)(=O)CC1CCCCO1. The topological polar surface area (TPSA) is 69.4 Å². The standard InChI is InChI=1S/C12H17NO3S/c13-11-6-1-2-7-12(11)17(14,15)9-10-5-3-4-8-16-10/h1-2,6-7,10H,3-5,8-9,13H2. The van der Waals surface area contributed by atoms with Gasteiger partial charge in [0.05, 0.1) is 22.4 Å². The molecular formula is C12H17NO3S. The maximum atomic E-state index is 12.2. The number of hydrogen-bond acceptors (Lipinski definition) is 4. The first kappa shape index (κ1) is 12.4. The second kappa shape index (κ2) is 5.06. The van der Waals surface area contributed by atoms with E-state index in [2.05, 4.69) is 0 Å². The number of para-hydroxylation sites is 1. The van der Waals surface area contributed by atoms with Gasteiger partial charge in [-0.2, -0.15) is 0 Å². The molecule has 0 saturated carbocycles. The fourth-order valence-corrected chi connectivity index (χ4v) is 3.68. The maximum absolute atomic E-state index is 12.2. The molecule has 1 saturated heterocycles. The molecule has 0 bridgehead atoms. The molecule has 1 aromatic rings. The number of rotatable bonds is 3. The Morgan fingerprint density at radius 3 is 2.71 bits per heavy atom. The Bertz CT molecular complexity index is 478. The van der Waals surface area contributed by atoms with Gasteiger partial charge in [0, 0.05) is 6.61 Å². The molecule has 0 radical (unpaired) electrons. The molecule has 2 rings (SSSR count). The van der Waals surface area contributed by atoms with Crippen molar-refractivity contribution in [2.45, 2.75) is 30.3 Å². The van der Waals surface area contributed by atoms with Gasteiger partial charge in [-0.05, 0) is 31.4 Å². The van der Waals surface area contributed by atoms with Gasteiger partial charge in [-0.25, -0.2) is 8.42 Å². The predicted molar refractivity (Wildman–Crippen MR) is 66.5 cm³/mol. The van der Waals surface area contributed by atoms with Crippen LogP contribution >= 0.6 is 0 Å². The van der Waals surface area contributed by atoms with Crippen LogP contribution in [-0.2, 0) is 14.6 Å². The van der Waals surface area contributed by atoms with Crippen molar-refractivity contribution in [1.82, 2.24) is 0 Å². The van der Waals surface area contributed by atoms with E-state index in [-0.39, 0.29) is 16.8 Å². The molecule has 1 aromatic carbocycles. The minimum Gasteiger partial charge on any atom is -0.398 e. The zero-order valence-corrected chi connectivity index (χ0v) is 10.4. The Balaban J connectivity index is 2.16. The van der Waals surface area contributed by atoms with Crippen molar-refractivity contribution in [2.75, 3.05) is 18.1 Å². The molecule has 2 N–H and O–H groups in total. The van der Waals surface area contributed by atoms with Gasteiger partial charge in [0.1, 0.15) is 0 Å². The molecule has 1 fully saturated rings. The lowest BCUT2D eigenvalue weighted by Gasteiger charge is -2.22. The summed E-state index contributed by atoms with van der Waals surface area (Å²) in [5.41, 5.74) is 6.00. The van der Waals surface area contributed by atoms with Gasteiger partial charge in [0.15, 0.2) is 9.84 Å². The minimum absolute atomic E-state index is 0.0290. The summed E-state index contributed by atoms with van der Waals surface area (Å²) in [6.45, 7) is 0.657. The molecule has 4 nitrogen and oxygen atoms in total. The predicted octanol–water partition coefficient (Wildman–Crippen LogP) is 1.61. The fourth-order valence-electron chi connectivity index (χ4n) is 2.04. The van der Waals surface area contributed by atoms with Crippen molar-refractivity contribution in [3.63, 3.8) is 0 Å². The van der Waals surface area contributed by atoms with Crippen molar-refractivity contribution >= 4 is 15.5 Å². The number of nitrogens with two attached hydrogens (primary N) is 1. The second-order valence-electron chi connectivity index (χ2n) is 4.31. The van der Waals surface area contributed by atoms with Gasteiger partial charge in [-0.1, -0.05) is 12.1 Å². The Hall–Kier alpha value is -1.07. The highest BCUT2D eigenvalue weighted by molar-refractivity contribution is 7.91. The quantitative estimate of drug-likeness (QED) is 0.833. The third-order valence-corrected chi connectivity index (χ3v) is 4.79. The summed E-state index contributed by atoms with van der Waals surface area (Å²) < 4.78 is 29.8. The number of benzene rings is 1. The van der Waals surface area contributed by atoms with Gasteiger partial charge in [-0.3, -0.25) is 0 Å². The molecule has 1 aliphatic heterocycles. The minimum atomic E-state index is -3.34. The fraction of sp³-hybridized carbons (Fsp3) is 0.500. The number of ether oxygens (including phenoxy) is 1. The van der Waals surface area contributed by atoms with E-state index in [4.69, 9.17) is 10.5 Å². The zero-order chi connectivity index (χ0) is 12.3. The van der Waals surface area contributed by atoms with E-state index in [0.717, 1.165) is 19.3 Å². The van der Waals surface area contributed by atoms with Crippen LogP contribution < -0.4 is 5.73 Å². The first-order valence-corrected chi connectivity index (χ1v) is 7.44. The van der Waals surface area contributed by atoms with Crippen LogP contribution in [0.2, 0.25) is 0 Å². The number of sulfone groups is 1. The Labute approximate surface area is 102 Å². The molecule has 1 atom stereocenters. The van der Waals surface area contributed by atoms with Gasteiger partial charge >= 0.3 is 0 Å². The molecule has 5 heteroatoms. The third-order valence-electron chi connectivity index (χ3n) is 2.93. The highest BCUT2D eigenvalue weighted by Crippen LogP contribution is 2.22. The molecule has 94 valence electrons. The first-order valence-electron chi connectivity index (χ1n) is 5.78. The molecule has 1 aliphatic rings. The van der Waals surface area contributed by atoms with Crippen molar-refractivity contribution in [3.8, 4) is 0 Å². The van der Waals surface area contributed by atoms with Crippen LogP contribution in [0, 0.1) is 0 Å². The highest BCUT2D eigenvalue weighted by atomic mass is 32.2. The largest absolute Gasteiger partial charge is 0.398 e. The smallest absolute Gasteiger partial charge is 0.182 e. The summed E-state index contributed by atoms with van der Waals surface area (Å²) >= 11 is 0. The molecule has 0 amide bonds. The molecule has 17 heavy (non-hydrogen) atoms. The first-order chi connectivity index (χ1) is 8.09. The van der Waals surface area contributed by atoms with E-state index in [0.29, 0.717) is 12.3 Å². The van der Waals surface area contributed by atoms with Crippen molar-refractivity contribution in [1.29, 1.82) is 0 Å². The van der Waals surface area contributed by atoms with Crippen LogP contribution in [0.15, 0.2) is 29.2 Å². The second-order valence-corrected chi connectivity index (χ2v) is 6.31. The van der Waals surface area contributed by atoms with E-state index in [1.807, 2.05) is 0 Å². The van der Waals surface area contributed by atoms with Gasteiger partial charge in [-0.15, -0.1) is 0 Å². The summed E-state index contributed by atoms with van der Waals surface area (Å²) in [6, 6.07) is 6.57. The van der Waals surface area contributed by atoms with Crippen LogP contribution in [0.4, 0.5) is 5.69 Å². The molecule has 1 heterocycles. The van der Waals surface area contributed by atoms with Gasteiger partial charge in [0.2, 0.25) is 0 Å². The van der Waals surface area contributed by atoms with Crippen molar-refractivity contribution < 1.29 is 13.2 Å². The lowest BCUT2D eigenvalue weighted by Crippen LogP contribution is -2.28. The van der Waals surface area contributed by atoms with Crippen molar-refractivity contribution in [3.05, 3.63) is 24.3 Å². The average molecular weight is 255 g/mol. The van der Waals surface area contributed by atoms with E-state index < -0.39 is 9.84 Å². The summed E-state index contributed by atoms with van der Waals surface area (Å²) in [7, 11) is -3.34. The van der Waals surface area contributed by atoms with Gasteiger partial charge in [0.25, 0.3) is 0 Å². The maximum Gasteiger partial charge on any atom is 0.182 e. The number of nitrogen functional groups attached to an aromatic ring is 1. The van der Waals surface area contributed by atoms with E-state index in [1.54, 1.807) is 24.3 Å². The van der Waals surface area contributed by atoms with Crippen LogP contribution in [0.5, 0.6) is 0 Å². The Morgan fingerprint density at radius 2 is 2.06 bits per heavy atom. The lowest BCUT2D eigenvalue weighted by atomic mass is 10.1. The van der Waals surface area contributed by atoms with E-state index in [1.165, 1.54) is 0 Å². The molecule has 0 aliphatic carbocycles. The monoisotopic (exact) mass is 255 g/mol. The Morgan fingerprint density at radius 1 is 1.29 bits per heavy atom. The van der Waals surface area contributed by atoms with E-state index in [9.17, 15) is 8.42 Å². The third kappa shape index (κ3) is 2.98. The zero-order valence-electron chi connectivity index (χ0n) is 9.63. The van der Waals surface area contributed by atoms with Crippen LogP contribution in [0.1, 0.15) is 19.3 Å². The summed E-state index contributed by atoms with van der Waals surface area (Å²) in [5, 5.41) is 0. The Kier molecular flexibility index (Phi) is 3.69. The average Bonchev–Trinajstić information content (AvgIpc) is 2.30. The van der Waals surface area contributed by atoms with Gasteiger partial charge < -0.3 is 10.5 Å². The van der Waals surface area contributed by atoms with E-state index >= 15 is 0 Å². The van der Waals surface area contributed by atoms with Crippen molar-refractivity contribution in [2.24, 2.45) is 0 Å². The summed E-state index contributed by atoms with van der Waals surface area (Å²) in [6.07, 6.45) is 2.67. The number of anilines is 1. The summed E-state index contributed by atoms with van der Waals surface area (Å²) in [5.74, 6) is 0.0290. The van der Waals surface area contributed by atoms with Crippen LogP contribution in [0.3, 0.4) is 0 Å².